The van der Waals surface area contributed by atoms with E-state index in [9.17, 15) is 13.2 Å². The van der Waals surface area contributed by atoms with Crippen molar-refractivity contribution in [2.75, 3.05) is 73.0 Å². The molecule has 3 rings (SSSR count). The molecule has 0 saturated carbocycles. The number of nitrogens with two attached hydrogens (primary N) is 1. The minimum absolute atomic E-state index is 0. The van der Waals surface area contributed by atoms with Crippen LogP contribution in [0.3, 0.4) is 0 Å². The van der Waals surface area contributed by atoms with Crippen LogP contribution in [0.4, 0.5) is 17.6 Å². The third kappa shape index (κ3) is 18.1. The standard InChI is InChI=1S/C28H41F4N5.C13H24N4.Y/c1-6-7-8-26(28(30,31)32)25(16-33)21(4)36-23-15-24(22-11-13-34-14-12-22)27(29)10-9-19(2)37(5)20(3)17-35-18-23;1-3-4-5-16-6-8-17(9-7-16)12-13(10-14)11-15-2;/h8,10-11,15-16,18-20,34-36H,4,6-7,9,12-14,17,33H2,1-3,5H3;10-11H,3-9,12H2,1-2H3;/q;-2;/b23-18-,24-15-,25-16-,26-8+,27-10?;13-11+;. The molecule has 5 N–H and O–H groups in total. The molecule has 0 bridgehead atoms. The Bertz CT molecular complexity index is 1410. The molecule has 0 aromatic heterocycles. The van der Waals surface area contributed by atoms with Crippen LogP contribution in [0.15, 0.2) is 94.6 Å². The monoisotopic (exact) mass is 848 g/mol. The van der Waals surface area contributed by atoms with E-state index in [-0.39, 0.29) is 68.3 Å². The van der Waals surface area contributed by atoms with E-state index in [0.717, 1.165) is 62.4 Å². The number of allylic oxidation sites excluding steroid dienone is 5. The van der Waals surface area contributed by atoms with Crippen molar-refractivity contribution in [1.82, 2.24) is 30.7 Å². The average Bonchev–Trinajstić information content (AvgIpc) is 3.16. The Kier molecular flexibility index (Phi) is 24.9. The molecule has 14 heteroatoms. The molecule has 0 aliphatic carbocycles. The van der Waals surface area contributed by atoms with Crippen molar-refractivity contribution in [2.45, 2.75) is 84.5 Å². The maximum absolute atomic E-state index is 15.6. The van der Waals surface area contributed by atoms with Gasteiger partial charge < -0.3 is 37.3 Å². The summed E-state index contributed by atoms with van der Waals surface area (Å²) in [5.41, 5.74) is 7.03. The second kappa shape index (κ2) is 27.2. The fraction of sp³-hybridized carbons (Fsp3) is 0.585. The van der Waals surface area contributed by atoms with E-state index in [2.05, 4.69) is 63.3 Å². The Labute approximate surface area is 353 Å². The van der Waals surface area contributed by atoms with Crippen LogP contribution in [0.25, 0.3) is 10.7 Å². The van der Waals surface area contributed by atoms with Crippen molar-refractivity contribution < 1.29 is 50.3 Å². The fourth-order valence-electron chi connectivity index (χ4n) is 6.27. The number of nitrogens with one attached hydrogen (secondary N) is 3. The molecule has 0 amide bonds. The molecule has 3 heterocycles. The van der Waals surface area contributed by atoms with Crippen molar-refractivity contribution in [3.8, 4) is 0 Å². The minimum Gasteiger partial charge on any atom is -0.810 e. The van der Waals surface area contributed by atoms with E-state index in [0.29, 0.717) is 50.2 Å². The van der Waals surface area contributed by atoms with E-state index in [1.807, 2.05) is 13.1 Å². The summed E-state index contributed by atoms with van der Waals surface area (Å²) >= 11 is 0. The molecule has 9 nitrogen and oxygen atoms in total. The van der Waals surface area contributed by atoms with Crippen LogP contribution in [0.5, 0.6) is 0 Å². The van der Waals surface area contributed by atoms with Crippen LogP contribution in [0.1, 0.15) is 66.2 Å². The average molecular weight is 849 g/mol. The minimum atomic E-state index is -4.60. The van der Waals surface area contributed by atoms with Gasteiger partial charge in [-0.05, 0) is 77.4 Å². The zero-order valence-corrected chi connectivity index (χ0v) is 36.8. The summed E-state index contributed by atoms with van der Waals surface area (Å²) in [6, 6.07) is 0.259. The predicted molar refractivity (Wildman–Crippen MR) is 218 cm³/mol. The Morgan fingerprint density at radius 1 is 1.11 bits per heavy atom. The summed E-state index contributed by atoms with van der Waals surface area (Å²) in [5, 5.41) is 22.4. The number of likely N-dealkylation sites (N-methyl/N-ethyl adjacent to an activating group) is 1. The third-order valence-corrected chi connectivity index (χ3v) is 9.85. The number of alkyl halides is 3. The molecule has 0 spiro atoms. The van der Waals surface area contributed by atoms with Gasteiger partial charge in [0, 0.05) is 120 Å². The van der Waals surface area contributed by atoms with Gasteiger partial charge in [-0.3, -0.25) is 9.80 Å². The molecule has 3 aliphatic heterocycles. The predicted octanol–water partition coefficient (Wildman–Crippen LogP) is 7.39. The first-order valence-corrected chi connectivity index (χ1v) is 19.3. The van der Waals surface area contributed by atoms with Crippen LogP contribution >= 0.6 is 0 Å². The molecule has 1 fully saturated rings. The van der Waals surface area contributed by atoms with Gasteiger partial charge in [0.1, 0.15) is 5.83 Å². The smallest absolute Gasteiger partial charge is 0.416 e. The van der Waals surface area contributed by atoms with Crippen molar-refractivity contribution in [2.24, 2.45) is 5.73 Å². The van der Waals surface area contributed by atoms with E-state index in [4.69, 9.17) is 11.1 Å². The Morgan fingerprint density at radius 3 is 2.36 bits per heavy atom. The fourth-order valence-corrected chi connectivity index (χ4v) is 6.27. The van der Waals surface area contributed by atoms with Gasteiger partial charge in [-0.25, -0.2) is 4.39 Å². The molecule has 1 radical (unpaired) electrons. The number of rotatable bonds is 14. The van der Waals surface area contributed by atoms with Crippen LogP contribution in [0.2, 0.25) is 0 Å². The van der Waals surface area contributed by atoms with Gasteiger partial charge in [0.05, 0.1) is 11.3 Å². The molecule has 2 atom stereocenters. The first-order chi connectivity index (χ1) is 25.8. The number of piperazine rings is 1. The normalized spacial score (nSPS) is 23.6. The van der Waals surface area contributed by atoms with Gasteiger partial charge in [0.25, 0.3) is 0 Å². The second-order valence-corrected chi connectivity index (χ2v) is 14.1. The van der Waals surface area contributed by atoms with E-state index in [1.165, 1.54) is 19.4 Å². The van der Waals surface area contributed by atoms with Crippen LogP contribution < -0.4 is 21.7 Å². The topological polar surface area (TPSA) is 108 Å². The molecular formula is C41H65F4N9Y-2. The zero-order valence-electron chi connectivity index (χ0n) is 34.0. The van der Waals surface area contributed by atoms with Crippen molar-refractivity contribution in [3.63, 3.8) is 0 Å². The van der Waals surface area contributed by atoms with E-state index < -0.39 is 11.7 Å². The summed E-state index contributed by atoms with van der Waals surface area (Å²) in [6.07, 6.45) is 11.6. The number of halogens is 4. The molecular weight excluding hydrogens is 783 g/mol. The first-order valence-electron chi connectivity index (χ1n) is 19.3. The van der Waals surface area contributed by atoms with Gasteiger partial charge >= 0.3 is 6.18 Å². The van der Waals surface area contributed by atoms with Gasteiger partial charge in [-0.2, -0.15) is 25.6 Å². The van der Waals surface area contributed by atoms with Crippen LogP contribution in [0, 0.1) is 0 Å². The second-order valence-electron chi connectivity index (χ2n) is 14.1. The Balaban J connectivity index is 0.000000704. The van der Waals surface area contributed by atoms with E-state index >= 15 is 4.39 Å². The number of hydrogen-bond donors (Lipinski definition) is 4. The number of unbranched alkanes of at least 4 members (excludes halogenated alkanes) is 2. The van der Waals surface area contributed by atoms with Gasteiger partial charge in [-0.15, -0.1) is 7.05 Å². The van der Waals surface area contributed by atoms with Crippen molar-refractivity contribution in [1.29, 1.82) is 0 Å². The van der Waals surface area contributed by atoms with E-state index in [1.54, 1.807) is 38.5 Å². The molecule has 2 unspecified atom stereocenters. The zero-order chi connectivity index (χ0) is 40.1. The summed E-state index contributed by atoms with van der Waals surface area (Å²) in [7, 11) is 3.72. The summed E-state index contributed by atoms with van der Waals surface area (Å²) < 4.78 is 57.1. The molecule has 1 saturated heterocycles. The molecule has 3 aliphatic rings. The largest absolute Gasteiger partial charge is 0.810 e. The van der Waals surface area contributed by atoms with Crippen molar-refractivity contribution >= 4 is 6.21 Å². The quantitative estimate of drug-likeness (QED) is 0.0821. The molecule has 0 aromatic rings. The first kappa shape index (κ1) is 50.5. The van der Waals surface area contributed by atoms with Gasteiger partial charge in [-0.1, -0.05) is 51.0 Å². The van der Waals surface area contributed by atoms with Crippen molar-refractivity contribution in [3.05, 3.63) is 105 Å². The third-order valence-electron chi connectivity index (χ3n) is 9.85. The SMILES string of the molecule is C=C(NC1=C\NCC(C)N(C)C(C)CC=C(F)/C(C2=CCNCC2)=C\1)C(=C/N)/C(=C\CCC)C(F)(F)F.CCCCN1CCN(C/C(C=[N-])=C/[N-]C)CC1.[Y]. The Hall–Kier alpha value is -2.55. The summed E-state index contributed by atoms with van der Waals surface area (Å²) in [6.45, 7) is 20.4. The Morgan fingerprint density at radius 2 is 1.80 bits per heavy atom. The molecule has 307 valence electrons. The summed E-state index contributed by atoms with van der Waals surface area (Å²) in [4.78, 5) is 7.05. The maximum atomic E-state index is 15.6. The van der Waals surface area contributed by atoms with Gasteiger partial charge in [0.2, 0.25) is 0 Å². The number of hydrogen-bond acceptors (Lipinski definition) is 7. The molecule has 0 aromatic carbocycles. The van der Waals surface area contributed by atoms with Gasteiger partial charge in [0.15, 0.2) is 0 Å². The maximum Gasteiger partial charge on any atom is 0.416 e. The molecule has 55 heavy (non-hydrogen) atoms. The van der Waals surface area contributed by atoms with Crippen LogP contribution in [-0.4, -0.2) is 112 Å². The van der Waals surface area contributed by atoms with Crippen LogP contribution in [-0.2, 0) is 32.7 Å². The number of nitrogens with zero attached hydrogens (tertiary/aromatic N) is 5. The summed E-state index contributed by atoms with van der Waals surface area (Å²) in [5.74, 6) is -0.367.